The SMILES string of the molecule is CC(=O)Nc1ccc(C(C)=O)cc1.CC(=O)Nc1cccc(C(C)=O)c1.CC(=O)c1ccc(-c2ccccc2)cc1.CC(=O)c1ccc(C(C)(C)C)cc1.CC(=O)c1ccc(C)cc1.CC(=O)c1ccc(C)cc1.CC(=O)c1ccc(C)cc1.CC(=O)c1ccc(C2CCCCC2)cc1.CC(=O)c1ccc(NS(C)(=O)=O)cc1.CC(=O)c1ccc(OCc2ccccc2)cc1.CC(=O)c1cccc(NS(C)(=O)=O)c1.[HH]. The fourth-order valence-corrected chi connectivity index (χ4v) is 14.2. The molecule has 0 atom stereocenters. The van der Waals surface area contributed by atoms with Gasteiger partial charge in [0.15, 0.2) is 63.6 Å². The number of hydrogen-bond acceptors (Lipinski definition) is 18. The number of ether oxygens (including phenoxy) is 1. The molecule has 0 heterocycles. The zero-order chi connectivity index (χ0) is 107. The summed E-state index contributed by atoms with van der Waals surface area (Å²) >= 11 is 0. The molecule has 0 radical (unpaired) electrons. The normalized spacial score (nSPS) is 10.9. The molecule has 2 amide bonds. The maximum absolute atomic E-state index is 11.1. The molecule has 756 valence electrons. The quantitative estimate of drug-likeness (QED) is 0.0458. The van der Waals surface area contributed by atoms with E-state index in [1.165, 1.54) is 113 Å². The molecule has 0 unspecified atom stereocenters. The van der Waals surface area contributed by atoms with Crippen LogP contribution in [0.1, 0.15) is 298 Å². The van der Waals surface area contributed by atoms with Gasteiger partial charge in [-0.05, 0) is 246 Å². The lowest BCUT2D eigenvalue weighted by Crippen LogP contribution is -2.10. The number of nitrogens with one attached hydrogen (secondary N) is 4. The van der Waals surface area contributed by atoms with Gasteiger partial charge in [-0.25, -0.2) is 16.8 Å². The minimum Gasteiger partial charge on any atom is -0.489 e. The molecule has 22 nitrogen and oxygen atoms in total. The van der Waals surface area contributed by atoms with E-state index in [4.69, 9.17) is 4.74 Å². The highest BCUT2D eigenvalue weighted by molar-refractivity contribution is 7.92. The molecule has 13 aromatic carbocycles. The highest BCUT2D eigenvalue weighted by atomic mass is 32.2. The van der Waals surface area contributed by atoms with E-state index in [1.54, 1.807) is 152 Å². The first-order valence-electron chi connectivity index (χ1n) is 46.6. The Morgan fingerprint density at radius 3 is 0.882 bits per heavy atom. The van der Waals surface area contributed by atoms with Crippen LogP contribution in [-0.2, 0) is 41.7 Å². The Bertz CT molecular complexity index is 6500. The van der Waals surface area contributed by atoms with Crippen molar-refractivity contribution in [3.63, 3.8) is 0 Å². The van der Waals surface area contributed by atoms with Gasteiger partial charge in [-0.15, -0.1) is 0 Å². The van der Waals surface area contributed by atoms with Crippen LogP contribution in [0.3, 0.4) is 0 Å². The van der Waals surface area contributed by atoms with E-state index >= 15 is 0 Å². The molecule has 0 saturated heterocycles. The molecular weight excluding hydrogens is 1850 g/mol. The number of anilines is 4. The van der Waals surface area contributed by atoms with E-state index in [0.29, 0.717) is 57.2 Å². The van der Waals surface area contributed by atoms with Crippen molar-refractivity contribution in [2.45, 2.75) is 182 Å². The fraction of sp³-hybridized carbons (Fsp3) is 0.242. The number of benzene rings is 13. The Kier molecular flexibility index (Phi) is 51.9. The van der Waals surface area contributed by atoms with Gasteiger partial charge in [0.2, 0.25) is 31.9 Å². The standard InChI is InChI=1S/C15H14O2.C14H18O.C14H12O.C12H16O.2C10H11NO2.2C9H11NO3S.3C9H10O.H2/c1-12(16)14-7-9-15(10-8-14)17-11-13-5-3-2-4-6-13;2*1-11(15)12-7-9-14(10-8-12)13-5-3-2-4-6-13;1-9(13)10-5-7-11(8-6-10)12(2,3)4;1-7(12)9-3-5-10(6-4-9)11-8(2)13;1-7(12)9-4-3-5-10(6-9)11-8(2)13;1-7(11)8-3-5-9(6-4-8)10-14(2,12)13;1-7(11)8-4-3-5-9(6-8)10-14(2,12)13;3*1-7-3-5-9(6-4-7)8(2)10;/h2-10H,11H2,1H3;7-10,13H,2-6H2,1H3;2-10H,1H3;5-8H,1-4H3;2*3-6H,1-2H3,(H,11,13);2*3-6,10H,1-2H3;3*3-6H,1-2H3;1H. The Balaban J connectivity index is 0.000000411. The molecule has 0 aromatic heterocycles. The first kappa shape index (κ1) is 121. The van der Waals surface area contributed by atoms with Gasteiger partial charge in [0.05, 0.1) is 12.5 Å². The molecule has 1 fully saturated rings. The van der Waals surface area contributed by atoms with Gasteiger partial charge in [-0.3, -0.25) is 71.8 Å². The summed E-state index contributed by atoms with van der Waals surface area (Å²) in [5.41, 5.74) is 19.8. The number of ketones is 11. The predicted octanol–water partition coefficient (Wildman–Crippen LogP) is 27.2. The molecule has 144 heavy (non-hydrogen) atoms. The maximum atomic E-state index is 11.1. The second-order valence-electron chi connectivity index (χ2n) is 35.2. The molecule has 1 aliphatic carbocycles. The summed E-state index contributed by atoms with van der Waals surface area (Å²) in [7, 11) is -6.53. The Morgan fingerprint density at radius 1 is 0.285 bits per heavy atom. The van der Waals surface area contributed by atoms with Crippen molar-refractivity contribution >= 4 is 118 Å². The van der Waals surface area contributed by atoms with E-state index in [1.807, 2.05) is 215 Å². The molecule has 0 spiro atoms. The molecule has 1 saturated carbocycles. The van der Waals surface area contributed by atoms with Crippen LogP contribution in [-0.4, -0.2) is 105 Å². The van der Waals surface area contributed by atoms with Crippen LogP contribution in [0.25, 0.3) is 11.1 Å². The highest BCUT2D eigenvalue weighted by Gasteiger charge is 2.17. The first-order valence-corrected chi connectivity index (χ1v) is 50.4. The fourth-order valence-electron chi connectivity index (χ4n) is 13.1. The summed E-state index contributed by atoms with van der Waals surface area (Å²) in [5.74, 6) is 1.97. The lowest BCUT2D eigenvalue weighted by molar-refractivity contribution is -0.115. The smallest absolute Gasteiger partial charge is 0.229 e. The molecule has 0 bridgehead atoms. The minimum absolute atomic E-state index is 0. The Hall–Kier alpha value is -15.5. The summed E-state index contributed by atoms with van der Waals surface area (Å²) in [6, 6.07) is 100. The summed E-state index contributed by atoms with van der Waals surface area (Å²) < 4.78 is 53.7. The van der Waals surface area contributed by atoms with Crippen LogP contribution in [0.4, 0.5) is 22.7 Å². The number of Topliss-reactive ketones (excluding diaryl/α,β-unsaturated/α-hetero) is 11. The van der Waals surface area contributed by atoms with E-state index in [-0.39, 0.29) is 82.3 Å². The number of carbonyl (C=O) groups excluding carboxylic acids is 13. The lowest BCUT2D eigenvalue weighted by Gasteiger charge is -2.21. The van der Waals surface area contributed by atoms with Gasteiger partial charge in [0.1, 0.15) is 12.4 Å². The second-order valence-corrected chi connectivity index (χ2v) is 38.7. The van der Waals surface area contributed by atoms with E-state index in [9.17, 15) is 79.2 Å². The van der Waals surface area contributed by atoms with E-state index in [2.05, 4.69) is 65.1 Å². The van der Waals surface area contributed by atoms with Crippen molar-refractivity contribution in [1.82, 2.24) is 0 Å². The maximum Gasteiger partial charge on any atom is 0.229 e. The van der Waals surface area contributed by atoms with Gasteiger partial charge in [0.25, 0.3) is 0 Å². The van der Waals surface area contributed by atoms with Crippen molar-refractivity contribution in [3.8, 4) is 16.9 Å². The predicted molar refractivity (Wildman–Crippen MR) is 584 cm³/mol. The van der Waals surface area contributed by atoms with Crippen molar-refractivity contribution in [2.24, 2.45) is 0 Å². The molecule has 0 aliphatic heterocycles. The van der Waals surface area contributed by atoms with Gasteiger partial charge in [-0.1, -0.05) is 287 Å². The molecule has 4 N–H and O–H groups in total. The van der Waals surface area contributed by atoms with Crippen molar-refractivity contribution in [2.75, 3.05) is 32.6 Å². The zero-order valence-corrected chi connectivity index (χ0v) is 87.8. The summed E-state index contributed by atoms with van der Waals surface area (Å²) in [6.07, 6.45) is 8.89. The third-order valence-electron chi connectivity index (χ3n) is 21.2. The first-order chi connectivity index (χ1) is 67.8. The topological polar surface area (TPSA) is 348 Å². The lowest BCUT2D eigenvalue weighted by atomic mass is 9.84. The van der Waals surface area contributed by atoms with Crippen molar-refractivity contribution in [3.05, 3.63) is 422 Å². The third kappa shape index (κ3) is 50.0. The zero-order valence-electron chi connectivity index (χ0n) is 86.2. The van der Waals surface area contributed by atoms with Crippen molar-refractivity contribution in [1.29, 1.82) is 0 Å². The van der Waals surface area contributed by atoms with Crippen LogP contribution >= 0.6 is 0 Å². The van der Waals surface area contributed by atoms with Crippen LogP contribution in [0.2, 0.25) is 0 Å². The molecule has 1 aliphatic rings. The summed E-state index contributed by atoms with van der Waals surface area (Å²) in [5, 5.41) is 5.23. The molecular formula is C120H136N4O18S2. The number of amides is 2. The van der Waals surface area contributed by atoms with Crippen molar-refractivity contribution < 1.29 is 85.3 Å². The van der Waals surface area contributed by atoms with Gasteiger partial charge in [-0.2, -0.15) is 0 Å². The Labute approximate surface area is 851 Å². The van der Waals surface area contributed by atoms with Gasteiger partial charge >= 0.3 is 0 Å². The average molecular weight is 1990 g/mol. The second kappa shape index (κ2) is 61.9. The third-order valence-corrected chi connectivity index (χ3v) is 22.4. The molecule has 13 aromatic rings. The number of aryl methyl sites for hydroxylation is 3. The number of rotatable bonds is 22. The molecule has 14 rings (SSSR count). The number of sulfonamides is 2. The monoisotopic (exact) mass is 1980 g/mol. The summed E-state index contributed by atoms with van der Waals surface area (Å²) in [6.45, 7) is 32.9. The molecule has 24 heteroatoms. The van der Waals surface area contributed by atoms with Gasteiger partial charge in [0, 0.05) is 99.2 Å². The van der Waals surface area contributed by atoms with Gasteiger partial charge < -0.3 is 15.4 Å². The Morgan fingerprint density at radius 2 is 0.556 bits per heavy atom. The minimum atomic E-state index is -3.28. The van der Waals surface area contributed by atoms with Crippen LogP contribution in [0.5, 0.6) is 5.75 Å². The van der Waals surface area contributed by atoms with Crippen LogP contribution < -0.4 is 24.8 Å². The highest BCUT2D eigenvalue weighted by Crippen LogP contribution is 2.33. The largest absolute Gasteiger partial charge is 0.489 e. The summed E-state index contributed by atoms with van der Waals surface area (Å²) in [4.78, 5) is 142. The van der Waals surface area contributed by atoms with Crippen LogP contribution in [0.15, 0.2) is 328 Å². The average Bonchev–Trinajstić information content (AvgIpc) is 0.870. The van der Waals surface area contributed by atoms with E-state index in [0.717, 1.165) is 68.7 Å². The number of carbonyl (C=O) groups is 13. The van der Waals surface area contributed by atoms with E-state index < -0.39 is 20.0 Å². The van der Waals surface area contributed by atoms with Crippen LogP contribution in [0, 0.1) is 20.8 Å². The number of hydrogen-bond donors (Lipinski definition) is 4.